The van der Waals surface area contributed by atoms with Crippen LogP contribution in [0.3, 0.4) is 0 Å². The fourth-order valence-electron chi connectivity index (χ4n) is 4.70. The summed E-state index contributed by atoms with van der Waals surface area (Å²) in [6.45, 7) is 5.96. The van der Waals surface area contributed by atoms with Gasteiger partial charge in [0.05, 0.1) is 31.3 Å². The quantitative estimate of drug-likeness (QED) is 0.171. The van der Waals surface area contributed by atoms with Gasteiger partial charge in [-0.2, -0.15) is 0 Å². The van der Waals surface area contributed by atoms with Crippen LogP contribution in [0.4, 0.5) is 0 Å². The minimum absolute atomic E-state index is 0.0680. The zero-order valence-electron chi connectivity index (χ0n) is 20.7. The van der Waals surface area contributed by atoms with Crippen LogP contribution in [0.25, 0.3) is 0 Å². The molecule has 1 aromatic rings. The van der Waals surface area contributed by atoms with E-state index in [4.69, 9.17) is 0 Å². The lowest BCUT2D eigenvalue weighted by Crippen LogP contribution is -2.44. The third kappa shape index (κ3) is 6.24. The fourth-order valence-corrected chi connectivity index (χ4v) is 4.70. The predicted molar refractivity (Wildman–Crippen MR) is 132 cm³/mol. The van der Waals surface area contributed by atoms with E-state index in [1.807, 2.05) is 19.9 Å². The van der Waals surface area contributed by atoms with E-state index in [2.05, 4.69) is 17.6 Å². The Hall–Kier alpha value is -3.29. The first-order valence-electron chi connectivity index (χ1n) is 12.3. The van der Waals surface area contributed by atoms with Crippen LogP contribution in [0.1, 0.15) is 100 Å². The fraction of sp³-hybridized carbons (Fsp3) is 0.519. The molecule has 0 radical (unpaired) electrons. The molecule has 0 bridgehead atoms. The lowest BCUT2D eigenvalue weighted by atomic mass is 9.80. The number of hydrogen-bond acceptors (Lipinski definition) is 5. The number of carboxylic acids is 1. The summed E-state index contributed by atoms with van der Waals surface area (Å²) in [6, 6.07) is -0.720. The smallest absolute Gasteiger partial charge is 0.307 e. The molecule has 0 spiro atoms. The van der Waals surface area contributed by atoms with Crippen molar-refractivity contribution >= 4 is 17.8 Å². The molecule has 2 unspecified atom stereocenters. The van der Waals surface area contributed by atoms with Crippen LogP contribution in [-0.4, -0.2) is 33.1 Å². The highest BCUT2D eigenvalue weighted by atomic mass is 16.4. The largest absolute Gasteiger partial charge is 0.507 e. The summed E-state index contributed by atoms with van der Waals surface area (Å²) in [7, 11) is 0. The van der Waals surface area contributed by atoms with E-state index in [0.717, 1.165) is 30.4 Å². The van der Waals surface area contributed by atoms with Gasteiger partial charge in [-0.3, -0.25) is 14.4 Å². The van der Waals surface area contributed by atoms with Crippen LogP contribution in [0.15, 0.2) is 23.3 Å². The van der Waals surface area contributed by atoms with Gasteiger partial charge in [-0.15, -0.1) is 0 Å². The van der Waals surface area contributed by atoms with Gasteiger partial charge in [-0.1, -0.05) is 43.1 Å². The van der Waals surface area contributed by atoms with Crippen LogP contribution < -0.4 is 10.6 Å². The van der Waals surface area contributed by atoms with Crippen molar-refractivity contribution in [3.63, 3.8) is 0 Å². The number of hydrogen-bond donors (Lipinski definition) is 5. The van der Waals surface area contributed by atoms with Crippen molar-refractivity contribution < 1.29 is 29.7 Å². The Morgan fingerprint density at radius 3 is 1.91 bits per heavy atom. The molecule has 0 aliphatic carbocycles. The predicted octanol–water partition coefficient (Wildman–Crippen LogP) is 4.25. The Bertz CT molecular complexity index is 1000. The molecular weight excluding hydrogens is 448 g/mol. The van der Waals surface area contributed by atoms with E-state index in [1.54, 1.807) is 6.08 Å². The van der Waals surface area contributed by atoms with Crippen LogP contribution in [0.2, 0.25) is 0 Å². The molecule has 1 aromatic carbocycles. The molecule has 2 aliphatic heterocycles. The molecule has 2 atom stereocenters. The minimum Gasteiger partial charge on any atom is -0.507 e. The maximum absolute atomic E-state index is 11.7. The van der Waals surface area contributed by atoms with Gasteiger partial charge in [0.1, 0.15) is 11.5 Å². The zero-order chi connectivity index (χ0) is 25.7. The Kier molecular flexibility index (Phi) is 8.59. The Balaban J connectivity index is 2.09. The van der Waals surface area contributed by atoms with E-state index in [1.165, 1.54) is 0 Å². The van der Waals surface area contributed by atoms with Crippen LogP contribution >= 0.6 is 0 Å². The number of allylic oxidation sites excluding steroid dienone is 3. The van der Waals surface area contributed by atoms with E-state index < -0.39 is 5.97 Å². The SMILES string of the molecule is CCCCCc1c(C2CC(=O)N2)c(O)c(C/C=C(\CC=C(C)C)CC(=O)O)c(O)c1C1CC(=O)N1. The maximum atomic E-state index is 11.7. The molecule has 2 heterocycles. The van der Waals surface area contributed by atoms with E-state index in [0.29, 0.717) is 29.5 Å². The molecule has 35 heavy (non-hydrogen) atoms. The molecule has 5 N–H and O–H groups in total. The second kappa shape index (κ2) is 11.4. The molecule has 3 rings (SSSR count). The van der Waals surface area contributed by atoms with Crippen molar-refractivity contribution in [3.8, 4) is 11.5 Å². The van der Waals surface area contributed by atoms with E-state index in [-0.39, 0.29) is 66.6 Å². The van der Waals surface area contributed by atoms with Gasteiger partial charge < -0.3 is 26.0 Å². The van der Waals surface area contributed by atoms with Crippen LogP contribution in [0, 0.1) is 0 Å². The summed E-state index contributed by atoms with van der Waals surface area (Å²) >= 11 is 0. The highest BCUT2D eigenvalue weighted by Gasteiger charge is 2.38. The normalized spacial score (nSPS) is 19.3. The van der Waals surface area contributed by atoms with Crippen molar-refractivity contribution in [2.45, 2.75) is 90.6 Å². The second-order valence-corrected chi connectivity index (χ2v) is 9.71. The third-order valence-electron chi connectivity index (χ3n) is 6.65. The summed E-state index contributed by atoms with van der Waals surface area (Å²) in [5, 5.41) is 37.7. The number of β-lactam (4-membered cyclic amide) rings is 2. The number of benzene rings is 1. The third-order valence-corrected chi connectivity index (χ3v) is 6.65. The Morgan fingerprint density at radius 1 is 0.943 bits per heavy atom. The monoisotopic (exact) mass is 484 g/mol. The number of aromatic hydroxyl groups is 2. The minimum atomic E-state index is -0.950. The average molecular weight is 485 g/mol. The van der Waals surface area contributed by atoms with Gasteiger partial charge in [0.25, 0.3) is 0 Å². The number of carboxylic acid groups (broad SMARTS) is 1. The van der Waals surface area contributed by atoms with Crippen molar-refractivity contribution in [2.24, 2.45) is 0 Å². The highest BCUT2D eigenvalue weighted by Crippen LogP contribution is 2.48. The Labute approximate surface area is 206 Å². The zero-order valence-corrected chi connectivity index (χ0v) is 20.7. The number of phenols is 2. The summed E-state index contributed by atoms with van der Waals surface area (Å²) in [5.74, 6) is -1.29. The molecule has 8 heteroatoms. The summed E-state index contributed by atoms with van der Waals surface area (Å²) in [5.41, 5.74) is 4.00. The van der Waals surface area contributed by atoms with Gasteiger partial charge in [0.2, 0.25) is 11.8 Å². The number of aliphatic carboxylic acids is 1. The number of rotatable bonds is 12. The molecule has 2 fully saturated rings. The van der Waals surface area contributed by atoms with Crippen molar-refractivity contribution in [3.05, 3.63) is 45.6 Å². The second-order valence-electron chi connectivity index (χ2n) is 9.71. The van der Waals surface area contributed by atoms with Gasteiger partial charge >= 0.3 is 5.97 Å². The summed E-state index contributed by atoms with van der Waals surface area (Å²) in [6.07, 6.45) is 8.06. The number of phenolic OH excluding ortho intramolecular Hbond substituents is 2. The standard InChI is InChI=1S/C27H36N2O6/c1-4-5-6-7-17-24(19-13-21(30)28-19)26(34)18(27(35)25(17)20-14-22(31)29-20)11-10-16(12-23(32)33)9-8-15(2)3/h8,10,19-20,34-35H,4-7,9,11-14H2,1-3H3,(H,28,30)(H,29,31)(H,32,33)/b16-10+. The highest BCUT2D eigenvalue weighted by molar-refractivity contribution is 5.86. The molecule has 8 nitrogen and oxygen atoms in total. The molecular formula is C27H36N2O6. The molecule has 2 saturated heterocycles. The number of carbonyl (C=O) groups excluding carboxylic acids is 2. The molecule has 0 saturated carbocycles. The van der Waals surface area contributed by atoms with Gasteiger partial charge in [0.15, 0.2) is 0 Å². The molecule has 190 valence electrons. The lowest BCUT2D eigenvalue weighted by Gasteiger charge is -2.36. The van der Waals surface area contributed by atoms with Gasteiger partial charge in [0, 0.05) is 16.7 Å². The van der Waals surface area contributed by atoms with Crippen LogP contribution in [-0.2, 0) is 27.2 Å². The first-order valence-corrected chi connectivity index (χ1v) is 12.3. The van der Waals surface area contributed by atoms with Gasteiger partial charge in [-0.05, 0) is 45.1 Å². The average Bonchev–Trinajstić information content (AvgIpc) is 2.74. The number of unbranched alkanes of at least 4 members (excludes halogenated alkanes) is 2. The van der Waals surface area contributed by atoms with Crippen LogP contribution in [0.5, 0.6) is 11.5 Å². The Morgan fingerprint density at radius 2 is 1.49 bits per heavy atom. The first kappa shape index (κ1) is 26.3. The summed E-state index contributed by atoms with van der Waals surface area (Å²) in [4.78, 5) is 34.8. The van der Waals surface area contributed by atoms with Crippen molar-refractivity contribution in [1.82, 2.24) is 10.6 Å². The number of carbonyl (C=O) groups is 3. The molecule has 2 amide bonds. The van der Waals surface area contributed by atoms with E-state index >= 15 is 0 Å². The summed E-state index contributed by atoms with van der Waals surface area (Å²) < 4.78 is 0. The number of amides is 2. The van der Waals surface area contributed by atoms with E-state index in [9.17, 15) is 29.7 Å². The topological polar surface area (TPSA) is 136 Å². The maximum Gasteiger partial charge on any atom is 0.307 e. The molecule has 2 aliphatic rings. The lowest BCUT2D eigenvalue weighted by molar-refractivity contribution is -0.136. The number of nitrogens with one attached hydrogen (secondary N) is 2. The molecule has 0 aromatic heterocycles. The van der Waals surface area contributed by atoms with Crippen molar-refractivity contribution in [2.75, 3.05) is 0 Å². The van der Waals surface area contributed by atoms with Crippen molar-refractivity contribution in [1.29, 1.82) is 0 Å². The van der Waals surface area contributed by atoms with Gasteiger partial charge in [-0.25, -0.2) is 0 Å². The first-order chi connectivity index (χ1) is 16.6.